The van der Waals surface area contributed by atoms with Crippen molar-refractivity contribution in [1.29, 1.82) is 5.26 Å². The number of hydrogen-bond donors (Lipinski definition) is 1. The van der Waals surface area contributed by atoms with Crippen LogP contribution in [0.25, 0.3) is 0 Å². The third-order valence-electron chi connectivity index (χ3n) is 2.97. The molecule has 0 aromatic rings. The summed E-state index contributed by atoms with van der Waals surface area (Å²) in [5.41, 5.74) is 5.43. The predicted molar refractivity (Wildman–Crippen MR) is 63.8 cm³/mol. The molecule has 0 aromatic heterocycles. The first-order valence-electron chi connectivity index (χ1n) is 5.98. The first-order chi connectivity index (χ1) is 7.48. The highest BCUT2D eigenvalue weighted by Gasteiger charge is 2.43. The lowest BCUT2D eigenvalue weighted by molar-refractivity contribution is 0.0609. The van der Waals surface area contributed by atoms with Crippen molar-refractivity contribution in [3.63, 3.8) is 0 Å². The molecule has 0 bridgehead atoms. The van der Waals surface area contributed by atoms with E-state index in [9.17, 15) is 0 Å². The van der Waals surface area contributed by atoms with E-state index < -0.39 is 5.54 Å². The Labute approximate surface area is 98.4 Å². The van der Waals surface area contributed by atoms with Crippen LogP contribution in [-0.4, -0.2) is 43.3 Å². The SMILES string of the molecule is CC(C)OCCN(C)CC(N)(C#N)C1CC1. The highest BCUT2D eigenvalue weighted by molar-refractivity contribution is 5.14. The molecule has 1 rings (SSSR count). The molecule has 1 atom stereocenters. The molecule has 1 aliphatic carbocycles. The van der Waals surface area contributed by atoms with Crippen molar-refractivity contribution in [2.45, 2.75) is 38.3 Å². The summed E-state index contributed by atoms with van der Waals surface area (Å²) < 4.78 is 5.47. The van der Waals surface area contributed by atoms with E-state index in [1.165, 1.54) is 0 Å². The second kappa shape index (κ2) is 5.62. The fourth-order valence-electron chi connectivity index (χ4n) is 1.82. The summed E-state index contributed by atoms with van der Waals surface area (Å²) in [6.07, 6.45) is 2.45. The van der Waals surface area contributed by atoms with Crippen molar-refractivity contribution in [3.05, 3.63) is 0 Å². The summed E-state index contributed by atoms with van der Waals surface area (Å²) in [7, 11) is 1.99. The molecule has 1 unspecified atom stereocenters. The molecule has 4 heteroatoms. The monoisotopic (exact) mass is 225 g/mol. The summed E-state index contributed by atoms with van der Waals surface area (Å²) in [6.45, 7) is 6.20. The topological polar surface area (TPSA) is 62.3 Å². The normalized spacial score (nSPS) is 19.8. The lowest BCUT2D eigenvalue weighted by Gasteiger charge is -2.27. The van der Waals surface area contributed by atoms with Crippen LogP contribution in [0.1, 0.15) is 26.7 Å². The van der Waals surface area contributed by atoms with Gasteiger partial charge in [0.2, 0.25) is 0 Å². The van der Waals surface area contributed by atoms with Crippen LogP contribution in [0.4, 0.5) is 0 Å². The molecule has 0 saturated heterocycles. The van der Waals surface area contributed by atoms with Crippen molar-refractivity contribution in [1.82, 2.24) is 4.90 Å². The van der Waals surface area contributed by atoms with E-state index in [0.717, 1.165) is 19.4 Å². The quantitative estimate of drug-likeness (QED) is 0.701. The van der Waals surface area contributed by atoms with Gasteiger partial charge >= 0.3 is 0 Å². The largest absolute Gasteiger partial charge is 0.377 e. The van der Waals surface area contributed by atoms with Gasteiger partial charge in [0.05, 0.1) is 18.8 Å². The van der Waals surface area contributed by atoms with Crippen LogP contribution in [0.2, 0.25) is 0 Å². The minimum atomic E-state index is -0.660. The molecule has 16 heavy (non-hydrogen) atoms. The molecular formula is C12H23N3O. The van der Waals surface area contributed by atoms with Crippen LogP contribution in [0.3, 0.4) is 0 Å². The van der Waals surface area contributed by atoms with E-state index in [0.29, 0.717) is 19.1 Å². The zero-order chi connectivity index (χ0) is 12.2. The number of ether oxygens (including phenoxy) is 1. The van der Waals surface area contributed by atoms with Gasteiger partial charge in [0.15, 0.2) is 0 Å². The number of nitrogens with zero attached hydrogens (tertiary/aromatic N) is 2. The Morgan fingerprint density at radius 1 is 1.56 bits per heavy atom. The molecule has 92 valence electrons. The summed E-state index contributed by atoms with van der Waals surface area (Å²) in [5, 5.41) is 9.13. The maximum atomic E-state index is 9.13. The Morgan fingerprint density at radius 3 is 2.62 bits per heavy atom. The summed E-state index contributed by atoms with van der Waals surface area (Å²) in [6, 6.07) is 2.27. The minimum Gasteiger partial charge on any atom is -0.377 e. The Balaban J connectivity index is 2.27. The summed E-state index contributed by atoms with van der Waals surface area (Å²) in [5.74, 6) is 0.394. The van der Waals surface area contributed by atoms with E-state index in [1.807, 2.05) is 20.9 Å². The lowest BCUT2D eigenvalue weighted by atomic mass is 9.96. The molecule has 0 heterocycles. The van der Waals surface area contributed by atoms with Crippen molar-refractivity contribution in [3.8, 4) is 6.07 Å². The third-order valence-corrected chi connectivity index (χ3v) is 2.97. The van der Waals surface area contributed by atoms with Gasteiger partial charge in [-0.3, -0.25) is 0 Å². The average Bonchev–Trinajstić information content (AvgIpc) is 3.00. The average molecular weight is 225 g/mol. The first kappa shape index (κ1) is 13.4. The molecule has 1 aliphatic rings. The zero-order valence-corrected chi connectivity index (χ0v) is 10.6. The molecular weight excluding hydrogens is 202 g/mol. The maximum Gasteiger partial charge on any atom is 0.119 e. The Bertz CT molecular complexity index is 257. The van der Waals surface area contributed by atoms with Crippen molar-refractivity contribution >= 4 is 0 Å². The number of hydrogen-bond acceptors (Lipinski definition) is 4. The molecule has 0 spiro atoms. The molecule has 0 aromatic carbocycles. The van der Waals surface area contributed by atoms with Gasteiger partial charge in [0.1, 0.15) is 5.54 Å². The van der Waals surface area contributed by atoms with Crippen molar-refractivity contribution < 1.29 is 4.74 Å². The van der Waals surface area contributed by atoms with Crippen LogP contribution in [-0.2, 0) is 4.74 Å². The van der Waals surface area contributed by atoms with E-state index >= 15 is 0 Å². The number of nitriles is 1. The predicted octanol–water partition coefficient (Wildman–Crippen LogP) is 0.974. The highest BCUT2D eigenvalue weighted by atomic mass is 16.5. The van der Waals surface area contributed by atoms with Gasteiger partial charge in [-0.1, -0.05) is 0 Å². The molecule has 2 N–H and O–H groups in total. The van der Waals surface area contributed by atoms with Crippen molar-refractivity contribution in [2.24, 2.45) is 11.7 Å². The lowest BCUT2D eigenvalue weighted by Crippen LogP contribution is -2.50. The first-order valence-corrected chi connectivity index (χ1v) is 5.98. The minimum absolute atomic E-state index is 0.260. The summed E-state index contributed by atoms with van der Waals surface area (Å²) in [4.78, 5) is 2.09. The molecule has 0 aliphatic heterocycles. The second-order valence-corrected chi connectivity index (χ2v) is 5.08. The fraction of sp³-hybridized carbons (Fsp3) is 0.917. The van der Waals surface area contributed by atoms with Crippen molar-refractivity contribution in [2.75, 3.05) is 26.7 Å². The van der Waals surface area contributed by atoms with E-state index in [2.05, 4.69) is 11.0 Å². The van der Waals surface area contributed by atoms with Gasteiger partial charge in [0.25, 0.3) is 0 Å². The van der Waals surface area contributed by atoms with Crippen LogP contribution in [0.15, 0.2) is 0 Å². The number of nitrogens with two attached hydrogens (primary N) is 1. The second-order valence-electron chi connectivity index (χ2n) is 5.08. The Morgan fingerprint density at radius 2 is 2.19 bits per heavy atom. The van der Waals surface area contributed by atoms with Gasteiger partial charge in [-0.2, -0.15) is 5.26 Å². The molecule has 1 saturated carbocycles. The van der Waals surface area contributed by atoms with Gasteiger partial charge in [-0.15, -0.1) is 0 Å². The van der Waals surface area contributed by atoms with Gasteiger partial charge in [-0.05, 0) is 39.7 Å². The van der Waals surface area contributed by atoms with E-state index in [-0.39, 0.29) is 6.10 Å². The van der Waals surface area contributed by atoms with Gasteiger partial charge in [0, 0.05) is 13.1 Å². The van der Waals surface area contributed by atoms with Crippen LogP contribution in [0, 0.1) is 17.2 Å². The zero-order valence-electron chi connectivity index (χ0n) is 10.6. The van der Waals surface area contributed by atoms with Gasteiger partial charge in [-0.25, -0.2) is 0 Å². The smallest absolute Gasteiger partial charge is 0.119 e. The maximum absolute atomic E-state index is 9.13. The third kappa shape index (κ3) is 4.09. The molecule has 0 amide bonds. The molecule has 4 nitrogen and oxygen atoms in total. The number of likely N-dealkylation sites (N-methyl/N-ethyl adjacent to an activating group) is 1. The fourth-order valence-corrected chi connectivity index (χ4v) is 1.82. The van der Waals surface area contributed by atoms with E-state index in [4.69, 9.17) is 15.7 Å². The molecule has 0 radical (unpaired) electrons. The highest BCUT2D eigenvalue weighted by Crippen LogP contribution is 2.38. The Kier molecular flexibility index (Phi) is 4.72. The number of rotatable bonds is 7. The van der Waals surface area contributed by atoms with Crippen LogP contribution in [0.5, 0.6) is 0 Å². The Hall–Kier alpha value is -0.630. The van der Waals surface area contributed by atoms with Crippen LogP contribution < -0.4 is 5.73 Å². The van der Waals surface area contributed by atoms with Crippen LogP contribution >= 0.6 is 0 Å². The summed E-state index contributed by atoms with van der Waals surface area (Å²) >= 11 is 0. The van der Waals surface area contributed by atoms with Gasteiger partial charge < -0.3 is 15.4 Å². The molecule has 1 fully saturated rings. The standard InChI is InChI=1S/C12H23N3O/c1-10(2)16-7-6-15(3)9-12(14,8-13)11-4-5-11/h10-11H,4-7,9,14H2,1-3H3. The van der Waals surface area contributed by atoms with E-state index in [1.54, 1.807) is 0 Å².